The highest BCUT2D eigenvalue weighted by Gasteiger charge is 2.32. The molecule has 0 N–H and O–H groups in total. The first-order valence-electron chi connectivity index (χ1n) is 8.38. The van der Waals surface area contributed by atoms with Gasteiger partial charge in [0, 0.05) is 13.6 Å². The molecule has 3 heterocycles. The summed E-state index contributed by atoms with van der Waals surface area (Å²) >= 11 is 1.32. The quantitative estimate of drug-likeness (QED) is 0.710. The average Bonchev–Trinajstić information content (AvgIpc) is 3.24. The fourth-order valence-corrected chi connectivity index (χ4v) is 4.67. The summed E-state index contributed by atoms with van der Waals surface area (Å²) in [5.41, 5.74) is 1.82. The molecule has 0 saturated carbocycles. The van der Waals surface area contributed by atoms with Gasteiger partial charge in [0.05, 0.1) is 22.6 Å². The second kappa shape index (κ2) is 6.11. The smallest absolute Gasteiger partial charge is 0.264 e. The second-order valence-electron chi connectivity index (χ2n) is 6.46. The summed E-state index contributed by atoms with van der Waals surface area (Å²) in [6.45, 7) is 2.60. The number of aromatic nitrogens is 2. The van der Waals surface area contributed by atoms with Gasteiger partial charge in [-0.2, -0.15) is 0 Å². The van der Waals surface area contributed by atoms with Crippen LogP contribution in [0.4, 0.5) is 0 Å². The first-order valence-corrected chi connectivity index (χ1v) is 9.20. The third-order valence-electron chi connectivity index (χ3n) is 4.90. The third-order valence-corrected chi connectivity index (χ3v) is 6.09. The van der Waals surface area contributed by atoms with Crippen LogP contribution in [0.5, 0.6) is 0 Å². The highest BCUT2D eigenvalue weighted by atomic mass is 32.1. The Kier molecular flexibility index (Phi) is 3.92. The van der Waals surface area contributed by atoms with Crippen LogP contribution in [0.3, 0.4) is 0 Å². The zero-order valence-corrected chi connectivity index (χ0v) is 15.0. The van der Waals surface area contributed by atoms with Crippen molar-refractivity contribution in [2.45, 2.75) is 25.8 Å². The number of aryl methyl sites for hydroxylation is 2. The van der Waals surface area contributed by atoms with Gasteiger partial charge in [0.1, 0.15) is 4.83 Å². The van der Waals surface area contributed by atoms with Crippen LogP contribution in [-0.2, 0) is 7.05 Å². The minimum absolute atomic E-state index is 0.00825. The SMILES string of the molecule is Cc1c(C(=O)N2CCC[C@@H]2c2ccccc2)sc2ncn(C)c(=O)c12. The lowest BCUT2D eigenvalue weighted by Gasteiger charge is -2.25. The highest BCUT2D eigenvalue weighted by Crippen LogP contribution is 2.36. The molecular weight excluding hydrogens is 334 g/mol. The van der Waals surface area contributed by atoms with Gasteiger partial charge in [-0.05, 0) is 30.9 Å². The molecule has 0 spiro atoms. The topological polar surface area (TPSA) is 55.2 Å². The molecule has 1 atom stereocenters. The molecule has 1 aromatic carbocycles. The van der Waals surface area contributed by atoms with Crippen LogP contribution < -0.4 is 5.56 Å². The molecule has 3 aromatic rings. The van der Waals surface area contributed by atoms with Crippen LogP contribution in [0.2, 0.25) is 0 Å². The molecule has 0 bridgehead atoms. The van der Waals surface area contributed by atoms with Gasteiger partial charge in [-0.15, -0.1) is 11.3 Å². The molecule has 25 heavy (non-hydrogen) atoms. The van der Waals surface area contributed by atoms with Crippen LogP contribution >= 0.6 is 11.3 Å². The summed E-state index contributed by atoms with van der Waals surface area (Å²) in [5, 5.41) is 0.564. The van der Waals surface area contributed by atoms with E-state index in [-0.39, 0.29) is 17.5 Å². The van der Waals surface area contributed by atoms with Crippen molar-refractivity contribution in [2.75, 3.05) is 6.54 Å². The lowest BCUT2D eigenvalue weighted by molar-refractivity contribution is 0.0740. The molecule has 5 nitrogen and oxygen atoms in total. The number of rotatable bonds is 2. The van der Waals surface area contributed by atoms with E-state index in [1.54, 1.807) is 7.05 Å². The number of carbonyl (C=O) groups excluding carboxylic acids is 1. The van der Waals surface area contributed by atoms with Gasteiger partial charge in [-0.3, -0.25) is 9.59 Å². The Hall–Kier alpha value is -2.47. The predicted octanol–water partition coefficient (Wildman–Crippen LogP) is 3.28. The molecule has 4 rings (SSSR count). The zero-order valence-electron chi connectivity index (χ0n) is 14.2. The van der Waals surface area contributed by atoms with Gasteiger partial charge in [-0.25, -0.2) is 4.98 Å². The molecule has 1 aliphatic heterocycles. The normalized spacial score (nSPS) is 17.4. The first kappa shape index (κ1) is 16.0. The Balaban J connectivity index is 1.76. The minimum Gasteiger partial charge on any atom is -0.331 e. The number of amides is 1. The second-order valence-corrected chi connectivity index (χ2v) is 7.46. The van der Waals surface area contributed by atoms with Crippen molar-refractivity contribution in [2.24, 2.45) is 7.05 Å². The van der Waals surface area contributed by atoms with Crippen molar-refractivity contribution in [3.05, 3.63) is 63.0 Å². The maximum absolute atomic E-state index is 13.2. The maximum atomic E-state index is 13.2. The number of benzene rings is 1. The molecule has 1 amide bonds. The van der Waals surface area contributed by atoms with Crippen LogP contribution in [0, 0.1) is 6.92 Å². The van der Waals surface area contributed by atoms with E-state index in [4.69, 9.17) is 0 Å². The Bertz CT molecular complexity index is 1010. The van der Waals surface area contributed by atoms with E-state index in [2.05, 4.69) is 17.1 Å². The number of fused-ring (bicyclic) bond motifs is 1. The number of carbonyl (C=O) groups is 1. The lowest BCUT2D eigenvalue weighted by atomic mass is 10.0. The molecule has 1 fully saturated rings. The van der Waals surface area contributed by atoms with E-state index >= 15 is 0 Å². The van der Waals surface area contributed by atoms with Crippen molar-refractivity contribution in [3.8, 4) is 0 Å². The number of nitrogens with zero attached hydrogens (tertiary/aromatic N) is 3. The largest absolute Gasteiger partial charge is 0.331 e. The van der Waals surface area contributed by atoms with Gasteiger partial charge >= 0.3 is 0 Å². The number of thiophene rings is 1. The monoisotopic (exact) mass is 353 g/mol. The van der Waals surface area contributed by atoms with E-state index in [1.807, 2.05) is 30.0 Å². The number of hydrogen-bond acceptors (Lipinski definition) is 4. The summed E-state index contributed by atoms with van der Waals surface area (Å²) in [6, 6.07) is 10.3. The minimum atomic E-state index is -0.0983. The summed E-state index contributed by atoms with van der Waals surface area (Å²) in [5.74, 6) is 0.00825. The molecule has 0 radical (unpaired) electrons. The van der Waals surface area contributed by atoms with Crippen molar-refractivity contribution in [1.29, 1.82) is 0 Å². The van der Waals surface area contributed by atoms with Gasteiger partial charge in [0.2, 0.25) is 0 Å². The first-order chi connectivity index (χ1) is 12.1. The van der Waals surface area contributed by atoms with E-state index in [9.17, 15) is 9.59 Å². The van der Waals surface area contributed by atoms with Gasteiger partial charge in [-0.1, -0.05) is 30.3 Å². The summed E-state index contributed by atoms with van der Waals surface area (Å²) in [6.07, 6.45) is 3.48. The molecular formula is C19H19N3O2S. The molecule has 2 aromatic heterocycles. The van der Waals surface area contributed by atoms with Crippen LogP contribution in [0.25, 0.3) is 10.2 Å². The Morgan fingerprint density at radius 2 is 2.04 bits per heavy atom. The van der Waals surface area contributed by atoms with Gasteiger partial charge in [0.25, 0.3) is 11.5 Å². The van der Waals surface area contributed by atoms with Crippen molar-refractivity contribution >= 4 is 27.5 Å². The van der Waals surface area contributed by atoms with Crippen LogP contribution in [0.1, 0.15) is 39.7 Å². The third kappa shape index (κ3) is 2.57. The summed E-state index contributed by atoms with van der Waals surface area (Å²) in [4.78, 5) is 33.1. The van der Waals surface area contributed by atoms with Gasteiger partial charge < -0.3 is 9.47 Å². The van der Waals surface area contributed by atoms with E-state index in [0.717, 1.165) is 24.9 Å². The van der Waals surface area contributed by atoms with Gasteiger partial charge in [0.15, 0.2) is 0 Å². The Labute approximate surface area is 149 Å². The average molecular weight is 353 g/mol. The number of hydrogen-bond donors (Lipinski definition) is 0. The van der Waals surface area contributed by atoms with Crippen molar-refractivity contribution < 1.29 is 4.79 Å². The lowest BCUT2D eigenvalue weighted by Crippen LogP contribution is -2.30. The molecule has 1 aliphatic rings. The standard InChI is InChI=1S/C19H19N3O2S/c1-12-15-17(20-11-21(2)18(15)23)25-16(12)19(24)22-10-6-9-14(22)13-7-4-3-5-8-13/h3-5,7-8,11,14H,6,9-10H2,1-2H3/t14-/m1/s1. The molecule has 128 valence electrons. The summed E-state index contributed by atoms with van der Waals surface area (Å²) < 4.78 is 1.46. The van der Waals surface area contributed by atoms with Crippen molar-refractivity contribution in [1.82, 2.24) is 14.5 Å². The predicted molar refractivity (Wildman–Crippen MR) is 99.1 cm³/mol. The molecule has 6 heteroatoms. The summed E-state index contributed by atoms with van der Waals surface area (Å²) in [7, 11) is 1.68. The molecule has 1 saturated heterocycles. The van der Waals surface area contributed by atoms with Crippen LogP contribution in [-0.4, -0.2) is 26.9 Å². The maximum Gasteiger partial charge on any atom is 0.264 e. The van der Waals surface area contributed by atoms with E-state index in [0.29, 0.717) is 15.1 Å². The van der Waals surface area contributed by atoms with E-state index < -0.39 is 0 Å². The fraction of sp³-hybridized carbons (Fsp3) is 0.316. The Morgan fingerprint density at radius 3 is 2.80 bits per heavy atom. The molecule has 0 aliphatic carbocycles. The molecule has 0 unspecified atom stereocenters. The highest BCUT2D eigenvalue weighted by molar-refractivity contribution is 7.20. The zero-order chi connectivity index (χ0) is 17.6. The van der Waals surface area contributed by atoms with Crippen molar-refractivity contribution in [3.63, 3.8) is 0 Å². The Morgan fingerprint density at radius 1 is 1.28 bits per heavy atom. The number of likely N-dealkylation sites (tertiary alicyclic amines) is 1. The fourth-order valence-electron chi connectivity index (χ4n) is 3.57. The van der Waals surface area contributed by atoms with E-state index in [1.165, 1.54) is 27.8 Å². The van der Waals surface area contributed by atoms with Crippen LogP contribution in [0.15, 0.2) is 41.5 Å².